The molecule has 0 aliphatic rings. The fourth-order valence-electron chi connectivity index (χ4n) is 2.11. The number of carbonyl (C=O) groups is 1. The van der Waals surface area contributed by atoms with E-state index in [1.807, 2.05) is 25.1 Å². The van der Waals surface area contributed by atoms with Crippen LogP contribution in [0.2, 0.25) is 0 Å². The average molecular weight is 317 g/mol. The molecule has 1 aromatic carbocycles. The van der Waals surface area contributed by atoms with Crippen LogP contribution in [-0.4, -0.2) is 34.5 Å². The van der Waals surface area contributed by atoms with E-state index in [1.165, 1.54) is 16.0 Å². The van der Waals surface area contributed by atoms with Gasteiger partial charge in [0.25, 0.3) is 0 Å². The van der Waals surface area contributed by atoms with Crippen LogP contribution in [0.25, 0.3) is 15.3 Å². The first kappa shape index (κ1) is 14.5. The molecular weight excluding hydrogens is 302 g/mol. The highest BCUT2D eigenvalue weighted by molar-refractivity contribution is 7.20. The molecule has 22 heavy (non-hydrogen) atoms. The van der Waals surface area contributed by atoms with E-state index >= 15 is 0 Å². The highest BCUT2D eigenvalue weighted by atomic mass is 32.1. The predicted molar refractivity (Wildman–Crippen MR) is 84.0 cm³/mol. The van der Waals surface area contributed by atoms with Crippen LogP contribution in [0.15, 0.2) is 24.3 Å². The Kier molecular flexibility index (Phi) is 3.81. The van der Waals surface area contributed by atoms with Gasteiger partial charge in [-0.05, 0) is 38.1 Å². The van der Waals surface area contributed by atoms with Crippen molar-refractivity contribution in [2.45, 2.75) is 13.8 Å². The Bertz CT molecular complexity index is 838. The molecule has 0 bridgehead atoms. The summed E-state index contributed by atoms with van der Waals surface area (Å²) in [5.74, 6) is 0.366. The van der Waals surface area contributed by atoms with Gasteiger partial charge in [0, 0.05) is 0 Å². The first-order valence-electron chi connectivity index (χ1n) is 6.81. The number of rotatable bonds is 4. The third-order valence-electron chi connectivity index (χ3n) is 3.08. The molecule has 0 unspecified atom stereocenters. The third kappa shape index (κ3) is 2.55. The number of hydrogen-bond acceptors (Lipinski definition) is 6. The summed E-state index contributed by atoms with van der Waals surface area (Å²) in [7, 11) is 1.62. The van der Waals surface area contributed by atoms with E-state index in [0.717, 1.165) is 21.7 Å². The second kappa shape index (κ2) is 5.76. The van der Waals surface area contributed by atoms with Gasteiger partial charge in [-0.15, -0.1) is 0 Å². The molecule has 0 aliphatic heterocycles. The number of fused-ring (bicyclic) bond motifs is 1. The number of benzene rings is 1. The molecule has 0 saturated carbocycles. The van der Waals surface area contributed by atoms with Crippen molar-refractivity contribution in [1.82, 2.24) is 14.8 Å². The minimum atomic E-state index is -0.403. The van der Waals surface area contributed by atoms with E-state index in [4.69, 9.17) is 9.47 Å². The Labute approximate surface area is 131 Å². The molecule has 0 radical (unpaired) electrons. The van der Waals surface area contributed by atoms with Crippen molar-refractivity contribution in [3.8, 4) is 10.9 Å². The molecule has 0 fully saturated rings. The van der Waals surface area contributed by atoms with E-state index < -0.39 is 5.97 Å². The molecular formula is C15H15N3O3S. The van der Waals surface area contributed by atoms with Gasteiger partial charge >= 0.3 is 5.97 Å². The Morgan fingerprint density at radius 2 is 2.18 bits per heavy atom. The van der Waals surface area contributed by atoms with Crippen molar-refractivity contribution < 1.29 is 14.3 Å². The van der Waals surface area contributed by atoms with Crippen LogP contribution in [0.3, 0.4) is 0 Å². The van der Waals surface area contributed by atoms with Gasteiger partial charge in [0.2, 0.25) is 5.13 Å². The lowest BCUT2D eigenvalue weighted by atomic mass is 10.3. The normalized spacial score (nSPS) is 10.9. The molecule has 3 rings (SSSR count). The maximum Gasteiger partial charge on any atom is 0.357 e. The third-order valence-corrected chi connectivity index (χ3v) is 4.08. The highest BCUT2D eigenvalue weighted by Crippen LogP contribution is 2.29. The lowest BCUT2D eigenvalue weighted by molar-refractivity contribution is 0.0515. The van der Waals surface area contributed by atoms with Crippen LogP contribution in [0.5, 0.6) is 5.75 Å². The largest absolute Gasteiger partial charge is 0.497 e. The number of methoxy groups -OCH3 is 1. The number of ether oxygens (including phenoxy) is 2. The predicted octanol–water partition coefficient (Wildman–Crippen LogP) is 2.98. The van der Waals surface area contributed by atoms with Crippen molar-refractivity contribution in [3.63, 3.8) is 0 Å². The molecule has 7 heteroatoms. The number of esters is 1. The summed E-state index contributed by atoms with van der Waals surface area (Å²) < 4.78 is 12.8. The molecule has 2 aromatic heterocycles. The summed E-state index contributed by atoms with van der Waals surface area (Å²) in [6.07, 6.45) is 0. The Morgan fingerprint density at radius 3 is 2.91 bits per heavy atom. The number of aromatic nitrogens is 3. The van der Waals surface area contributed by atoms with Crippen molar-refractivity contribution in [2.24, 2.45) is 0 Å². The minimum Gasteiger partial charge on any atom is -0.497 e. The summed E-state index contributed by atoms with van der Waals surface area (Å²) in [4.78, 5) is 16.6. The fraction of sp³-hybridized carbons (Fsp3) is 0.267. The van der Waals surface area contributed by atoms with Crippen LogP contribution in [0, 0.1) is 6.92 Å². The number of carbonyl (C=O) groups excluding carboxylic acids is 1. The van der Waals surface area contributed by atoms with Gasteiger partial charge < -0.3 is 9.47 Å². The van der Waals surface area contributed by atoms with Gasteiger partial charge in [0.15, 0.2) is 5.69 Å². The van der Waals surface area contributed by atoms with Crippen molar-refractivity contribution in [2.75, 3.05) is 13.7 Å². The molecule has 0 spiro atoms. The molecule has 3 aromatic rings. The minimum absolute atomic E-state index is 0.320. The van der Waals surface area contributed by atoms with Gasteiger partial charge in [-0.3, -0.25) is 0 Å². The van der Waals surface area contributed by atoms with Crippen molar-refractivity contribution >= 4 is 27.5 Å². The van der Waals surface area contributed by atoms with Crippen molar-refractivity contribution in [3.05, 3.63) is 35.7 Å². The summed E-state index contributed by atoms with van der Waals surface area (Å²) >= 11 is 1.44. The highest BCUT2D eigenvalue weighted by Gasteiger charge is 2.19. The van der Waals surface area contributed by atoms with E-state index in [0.29, 0.717) is 17.4 Å². The maximum atomic E-state index is 12.0. The molecule has 2 heterocycles. The zero-order chi connectivity index (χ0) is 15.7. The van der Waals surface area contributed by atoms with Gasteiger partial charge in [-0.1, -0.05) is 11.3 Å². The second-order valence-electron chi connectivity index (χ2n) is 4.63. The van der Waals surface area contributed by atoms with E-state index in [1.54, 1.807) is 20.1 Å². The molecule has 0 N–H and O–H groups in total. The standard InChI is InChI=1S/C15H15N3O3S/c1-4-21-14(19)12-7-9(2)17-18(12)15-16-11-6-5-10(20-3)8-13(11)22-15/h5-8H,4H2,1-3H3. The summed E-state index contributed by atoms with van der Waals surface area (Å²) in [6, 6.07) is 7.35. The number of nitrogens with zero attached hydrogens (tertiary/aromatic N) is 3. The lowest BCUT2D eigenvalue weighted by Crippen LogP contribution is -2.11. The first-order valence-corrected chi connectivity index (χ1v) is 7.62. The number of hydrogen-bond donors (Lipinski definition) is 0. The second-order valence-corrected chi connectivity index (χ2v) is 5.64. The maximum absolute atomic E-state index is 12.0. The molecule has 0 aliphatic carbocycles. The quantitative estimate of drug-likeness (QED) is 0.692. The van der Waals surface area contributed by atoms with Crippen LogP contribution >= 0.6 is 11.3 Å². The smallest absolute Gasteiger partial charge is 0.357 e. The Morgan fingerprint density at radius 1 is 1.36 bits per heavy atom. The SMILES string of the molecule is CCOC(=O)c1cc(C)nn1-c1nc2ccc(OC)cc2s1. The average Bonchev–Trinajstić information content (AvgIpc) is 3.09. The Hall–Kier alpha value is -2.41. The van der Waals surface area contributed by atoms with Crippen LogP contribution in [0.4, 0.5) is 0 Å². The zero-order valence-corrected chi connectivity index (χ0v) is 13.3. The van der Waals surface area contributed by atoms with E-state index in [-0.39, 0.29) is 0 Å². The lowest BCUT2D eigenvalue weighted by Gasteiger charge is -2.02. The molecule has 0 amide bonds. The molecule has 0 saturated heterocycles. The number of aryl methyl sites for hydroxylation is 1. The monoisotopic (exact) mass is 317 g/mol. The zero-order valence-electron chi connectivity index (χ0n) is 12.5. The number of thiazole rings is 1. The van der Waals surface area contributed by atoms with Gasteiger partial charge in [-0.25, -0.2) is 9.78 Å². The summed E-state index contributed by atoms with van der Waals surface area (Å²) in [5, 5.41) is 4.98. The summed E-state index contributed by atoms with van der Waals surface area (Å²) in [6.45, 7) is 3.92. The molecule has 6 nitrogen and oxygen atoms in total. The van der Waals surface area contributed by atoms with Gasteiger partial charge in [0.1, 0.15) is 5.75 Å². The fourth-order valence-corrected chi connectivity index (χ4v) is 3.07. The van der Waals surface area contributed by atoms with Crippen LogP contribution in [-0.2, 0) is 4.74 Å². The van der Waals surface area contributed by atoms with Crippen molar-refractivity contribution in [1.29, 1.82) is 0 Å². The van der Waals surface area contributed by atoms with E-state index in [9.17, 15) is 4.79 Å². The summed E-state index contributed by atoms with van der Waals surface area (Å²) in [5.41, 5.74) is 1.95. The van der Waals surface area contributed by atoms with Crippen LogP contribution in [0.1, 0.15) is 23.1 Å². The topological polar surface area (TPSA) is 66.2 Å². The first-order chi connectivity index (χ1) is 10.6. The molecule has 114 valence electrons. The van der Waals surface area contributed by atoms with Gasteiger partial charge in [0.05, 0.1) is 29.6 Å². The van der Waals surface area contributed by atoms with Gasteiger partial charge in [-0.2, -0.15) is 9.78 Å². The molecule has 0 atom stereocenters. The van der Waals surface area contributed by atoms with E-state index in [2.05, 4.69) is 10.1 Å². The van der Waals surface area contributed by atoms with Crippen LogP contribution < -0.4 is 4.74 Å². The Balaban J connectivity index is 2.09.